The number of methoxy groups -OCH3 is 2. The van der Waals surface area contributed by atoms with Crippen molar-refractivity contribution in [2.75, 3.05) is 14.2 Å². The Morgan fingerprint density at radius 3 is 2.67 bits per heavy atom. The second-order valence-corrected chi connectivity index (χ2v) is 2.41. The largest absolute Gasteiger partial charge is 0.495 e. The summed E-state index contributed by atoms with van der Waals surface area (Å²) >= 11 is 0. The van der Waals surface area contributed by atoms with Crippen molar-refractivity contribution < 1.29 is 52.0 Å². The van der Waals surface area contributed by atoms with Crippen molar-refractivity contribution in [3.63, 3.8) is 0 Å². The third-order valence-electron chi connectivity index (χ3n) is 1.64. The third-order valence-corrected chi connectivity index (χ3v) is 1.64. The monoisotopic (exact) mass is 231 g/mol. The molecule has 0 aromatic carbocycles. The average molecular weight is 231 g/mol. The Morgan fingerprint density at radius 2 is 2.20 bits per heavy atom. The van der Waals surface area contributed by atoms with E-state index in [2.05, 4.69) is 15.6 Å². The minimum atomic E-state index is -0.521. The molecule has 0 fully saturated rings. The van der Waals surface area contributed by atoms with Gasteiger partial charge in [-0.15, -0.1) is 6.42 Å². The number of carbonyl (C=O) groups is 1. The molecule has 0 spiro atoms. The molecule has 0 aliphatic rings. The zero-order chi connectivity index (χ0) is 10.6. The molecule has 0 aliphatic heterocycles. The van der Waals surface area contributed by atoms with Gasteiger partial charge in [0, 0.05) is 50.0 Å². The van der Waals surface area contributed by atoms with E-state index in [1.54, 1.807) is 0 Å². The predicted molar refractivity (Wildman–Crippen MR) is 50.1 cm³/mol. The van der Waals surface area contributed by atoms with Crippen LogP contribution < -0.4 is 4.74 Å². The summed E-state index contributed by atoms with van der Waals surface area (Å²) in [5.41, 5.74) is 0.670. The first-order chi connectivity index (χ1) is 6.72. The van der Waals surface area contributed by atoms with Crippen molar-refractivity contribution in [1.82, 2.24) is 4.98 Å². The number of carbonyl (C=O) groups excluding carboxylic acids is 1. The van der Waals surface area contributed by atoms with Crippen molar-refractivity contribution in [3.8, 4) is 18.1 Å². The summed E-state index contributed by atoms with van der Waals surface area (Å²) in [4.78, 5) is 14.9. The molecule has 0 atom stereocenters. The van der Waals surface area contributed by atoms with Crippen molar-refractivity contribution in [3.05, 3.63) is 23.5 Å². The van der Waals surface area contributed by atoms with Gasteiger partial charge in [-0.25, -0.2) is 9.78 Å². The fraction of sp³-hybridized carbons (Fsp3) is 0.200. The molecule has 1 heterocycles. The second kappa shape index (κ2) is 6.67. The van der Waals surface area contributed by atoms with Gasteiger partial charge in [0.2, 0.25) is 0 Å². The molecule has 1 aromatic rings. The number of hydrogen-bond donors (Lipinski definition) is 0. The summed E-state index contributed by atoms with van der Waals surface area (Å²) < 4.78 is 9.48. The van der Waals surface area contributed by atoms with Crippen molar-refractivity contribution in [2.24, 2.45) is 0 Å². The Hall–Kier alpha value is -0.760. The van der Waals surface area contributed by atoms with Crippen LogP contribution in [0.1, 0.15) is 16.1 Å². The summed E-state index contributed by atoms with van der Waals surface area (Å²) in [7, 11) is 2.75. The van der Waals surface area contributed by atoms with Gasteiger partial charge in [-0.3, -0.25) is 0 Å². The van der Waals surface area contributed by atoms with Gasteiger partial charge in [-0.05, 0) is 0 Å². The number of rotatable bonds is 2. The molecule has 0 saturated carbocycles. The van der Waals surface area contributed by atoms with E-state index in [-0.39, 0.29) is 43.4 Å². The predicted octanol–water partition coefficient (Wildman–Crippen LogP) is 0.858. The van der Waals surface area contributed by atoms with Crippen LogP contribution in [0.25, 0.3) is 0 Å². The molecule has 0 N–H and O–H groups in total. The van der Waals surface area contributed by atoms with Crippen LogP contribution >= 0.6 is 0 Å². The summed E-state index contributed by atoms with van der Waals surface area (Å²) in [6.45, 7) is 0. The Balaban J connectivity index is 0.00000196. The van der Waals surface area contributed by atoms with Crippen LogP contribution in [0.15, 0.2) is 12.3 Å². The second-order valence-electron chi connectivity index (χ2n) is 2.41. The topological polar surface area (TPSA) is 48.4 Å². The van der Waals surface area contributed by atoms with Crippen LogP contribution in [0.4, 0.5) is 0 Å². The number of pyridine rings is 1. The molecule has 0 aliphatic carbocycles. The quantitative estimate of drug-likeness (QED) is 0.559. The standard InChI is InChI=1S/C10H9NO3.Ar/c1-4-7-6-11-8(10(12)14-3)5-9(7)13-2;/h1,5-6H,2-3H3;. The summed E-state index contributed by atoms with van der Waals surface area (Å²) in [5.74, 6) is 2.30. The van der Waals surface area contributed by atoms with Gasteiger partial charge < -0.3 is 9.47 Å². The summed E-state index contributed by atoms with van der Waals surface area (Å²) in [6.07, 6.45) is 6.59. The third kappa shape index (κ3) is 3.38. The average Bonchev–Trinajstić information content (AvgIpc) is 2.26. The molecule has 1 aromatic heterocycles. The minimum absolute atomic E-state index is 0. The van der Waals surface area contributed by atoms with E-state index in [9.17, 15) is 4.79 Å². The van der Waals surface area contributed by atoms with Gasteiger partial charge in [0.05, 0.1) is 19.8 Å². The number of ether oxygens (including phenoxy) is 2. The molecular formula is C10H9ArNO3. The smallest absolute Gasteiger partial charge is 0.356 e. The Kier molecular flexibility index (Phi) is 6.34. The number of esters is 1. The van der Waals surface area contributed by atoms with Crippen molar-refractivity contribution in [1.29, 1.82) is 0 Å². The maximum Gasteiger partial charge on any atom is 0.356 e. The molecule has 0 saturated heterocycles. The van der Waals surface area contributed by atoms with E-state index in [1.807, 2.05) is 0 Å². The molecule has 5 heteroatoms. The molecule has 0 radical (unpaired) electrons. The zero-order valence-corrected chi connectivity index (χ0v) is 8.96. The Bertz CT molecular complexity index is 398. The first-order valence-corrected chi connectivity index (χ1v) is 3.82. The first-order valence-electron chi connectivity index (χ1n) is 3.82. The van der Waals surface area contributed by atoms with Gasteiger partial charge >= 0.3 is 5.97 Å². The van der Waals surface area contributed by atoms with Gasteiger partial charge in [0.15, 0.2) is 5.69 Å². The maximum absolute atomic E-state index is 11.1. The normalized spacial score (nSPS) is 8.33. The van der Waals surface area contributed by atoms with E-state index in [4.69, 9.17) is 11.2 Å². The fourth-order valence-corrected chi connectivity index (χ4v) is 0.930. The summed E-state index contributed by atoms with van der Waals surface area (Å²) in [5, 5.41) is 0. The van der Waals surface area contributed by atoms with E-state index in [0.29, 0.717) is 11.3 Å². The number of nitrogens with zero attached hydrogens (tertiary/aromatic N) is 1. The van der Waals surface area contributed by atoms with Gasteiger partial charge in [0.25, 0.3) is 0 Å². The van der Waals surface area contributed by atoms with E-state index < -0.39 is 5.97 Å². The molecule has 80 valence electrons. The molecule has 0 unspecified atom stereocenters. The van der Waals surface area contributed by atoms with Crippen molar-refractivity contribution >= 4 is 5.97 Å². The summed E-state index contributed by atoms with van der Waals surface area (Å²) in [6, 6.07) is 1.45. The first kappa shape index (κ1) is 14.2. The fourth-order valence-electron chi connectivity index (χ4n) is 0.930. The van der Waals surface area contributed by atoms with Crippen molar-refractivity contribution in [2.45, 2.75) is 0 Å². The minimum Gasteiger partial charge on any atom is -0.495 e. The molecule has 4 nitrogen and oxygen atoms in total. The van der Waals surface area contributed by atoms with Gasteiger partial charge in [-0.2, -0.15) is 0 Å². The van der Waals surface area contributed by atoms with Crippen LogP contribution in [0.5, 0.6) is 5.75 Å². The molecule has 15 heavy (non-hydrogen) atoms. The van der Waals surface area contributed by atoms with Crippen LogP contribution in [0.3, 0.4) is 0 Å². The van der Waals surface area contributed by atoms with Crippen LogP contribution in [0, 0.1) is 50.1 Å². The molecule has 1 rings (SSSR count). The molecule has 0 amide bonds. The van der Waals surface area contributed by atoms with Gasteiger partial charge in [0.1, 0.15) is 5.75 Å². The zero-order valence-electron chi connectivity index (χ0n) is 8.26. The maximum atomic E-state index is 11.1. The van der Waals surface area contributed by atoms with Gasteiger partial charge in [-0.1, -0.05) is 5.92 Å². The van der Waals surface area contributed by atoms with Crippen LogP contribution in [-0.2, 0) is 4.74 Å². The Morgan fingerprint density at radius 1 is 1.53 bits per heavy atom. The Labute approximate surface area is 118 Å². The molecule has 0 bridgehead atoms. The number of terminal acetylenes is 1. The number of hydrogen-bond acceptors (Lipinski definition) is 4. The van der Waals surface area contributed by atoms with E-state index in [0.717, 1.165) is 0 Å². The molecular weight excluding hydrogens is 222 g/mol. The van der Waals surface area contributed by atoms with Crippen LogP contribution in [0.2, 0.25) is 0 Å². The van der Waals surface area contributed by atoms with E-state index in [1.165, 1.54) is 26.5 Å². The van der Waals surface area contributed by atoms with E-state index >= 15 is 0 Å². The van der Waals surface area contributed by atoms with Crippen LogP contribution in [-0.4, -0.2) is 25.2 Å². The SMILES string of the molecule is C#Cc1cnc(C(=O)OC)cc1OC.[Ar]. The number of aromatic nitrogens is 1.